The summed E-state index contributed by atoms with van der Waals surface area (Å²) in [5, 5.41) is 0. The molecule has 0 radical (unpaired) electrons. The van der Waals surface area contributed by atoms with Crippen LogP contribution in [0.3, 0.4) is 0 Å². The summed E-state index contributed by atoms with van der Waals surface area (Å²) in [5.74, 6) is 0.668. The molecule has 0 aliphatic heterocycles. The summed E-state index contributed by atoms with van der Waals surface area (Å²) in [6, 6.07) is 7.70. The van der Waals surface area contributed by atoms with E-state index in [2.05, 4.69) is 24.0 Å². The first kappa shape index (κ1) is 14.2. The molecule has 0 heterocycles. The van der Waals surface area contributed by atoms with E-state index < -0.39 is 0 Å². The van der Waals surface area contributed by atoms with Crippen molar-refractivity contribution in [1.29, 1.82) is 0 Å². The van der Waals surface area contributed by atoms with Gasteiger partial charge >= 0.3 is 0 Å². The van der Waals surface area contributed by atoms with E-state index in [0.717, 1.165) is 24.8 Å². The summed E-state index contributed by atoms with van der Waals surface area (Å²) < 4.78 is 13.9. The van der Waals surface area contributed by atoms with Gasteiger partial charge in [-0.15, -0.1) is 0 Å². The van der Waals surface area contributed by atoms with E-state index in [9.17, 15) is 4.39 Å². The summed E-state index contributed by atoms with van der Waals surface area (Å²) >= 11 is 0. The van der Waals surface area contributed by atoms with Crippen LogP contribution in [0, 0.1) is 11.7 Å². The largest absolute Gasteiger partial charge is 0.306 e. The molecular weight excluding hydrogens is 239 g/mol. The molecule has 0 aromatic heterocycles. The van der Waals surface area contributed by atoms with Crippen LogP contribution in [0.4, 0.5) is 4.39 Å². The Morgan fingerprint density at radius 3 is 2.63 bits per heavy atom. The van der Waals surface area contributed by atoms with Gasteiger partial charge in [-0.1, -0.05) is 18.2 Å². The Kier molecular flexibility index (Phi) is 4.70. The molecule has 0 N–H and O–H groups in total. The average Bonchev–Trinajstić information content (AvgIpc) is 2.39. The first-order valence-electron chi connectivity index (χ1n) is 6.96. The topological polar surface area (TPSA) is 15.6 Å². The molecule has 19 heavy (non-hydrogen) atoms. The van der Waals surface area contributed by atoms with Gasteiger partial charge in [-0.05, 0) is 50.9 Å². The minimum Gasteiger partial charge on any atom is -0.306 e. The number of benzene rings is 1. The van der Waals surface area contributed by atoms with Gasteiger partial charge in [-0.25, -0.2) is 4.39 Å². The molecule has 0 bridgehead atoms. The molecule has 1 unspecified atom stereocenters. The summed E-state index contributed by atoms with van der Waals surface area (Å²) in [5.41, 5.74) is 0.870. The number of aliphatic imine (C=N–C) groups is 1. The maximum atomic E-state index is 13.9. The van der Waals surface area contributed by atoms with Crippen molar-refractivity contribution >= 4 is 6.21 Å². The third-order valence-corrected chi connectivity index (χ3v) is 4.21. The van der Waals surface area contributed by atoms with Crippen LogP contribution >= 0.6 is 0 Å². The van der Waals surface area contributed by atoms with Crippen LogP contribution in [-0.4, -0.2) is 38.3 Å². The number of hydrogen-bond donors (Lipinski definition) is 0. The van der Waals surface area contributed by atoms with Crippen molar-refractivity contribution in [2.45, 2.75) is 31.2 Å². The smallest absolute Gasteiger partial charge is 0.126 e. The highest BCUT2D eigenvalue weighted by Crippen LogP contribution is 2.38. The molecule has 2 nitrogen and oxygen atoms in total. The third-order valence-electron chi connectivity index (χ3n) is 4.21. The lowest BCUT2D eigenvalue weighted by Gasteiger charge is -2.38. The van der Waals surface area contributed by atoms with Gasteiger partial charge < -0.3 is 9.89 Å². The predicted molar refractivity (Wildman–Crippen MR) is 78.4 cm³/mol. The molecule has 1 fully saturated rings. The molecule has 3 heteroatoms. The van der Waals surface area contributed by atoms with Gasteiger partial charge in [0.1, 0.15) is 5.82 Å². The SMILES string of the molecule is C/N=C/C1C[C@@H](c2ccccc2F)CC[C@@H]1N(C)C. The van der Waals surface area contributed by atoms with Gasteiger partial charge in [0.05, 0.1) is 0 Å². The Labute approximate surface area is 115 Å². The van der Waals surface area contributed by atoms with Crippen LogP contribution in [0.15, 0.2) is 29.3 Å². The van der Waals surface area contributed by atoms with E-state index in [0.29, 0.717) is 17.9 Å². The quantitative estimate of drug-likeness (QED) is 0.763. The Bertz CT molecular complexity index is 442. The Hall–Kier alpha value is -1.22. The van der Waals surface area contributed by atoms with E-state index in [1.165, 1.54) is 0 Å². The molecule has 0 amide bonds. The first-order valence-corrected chi connectivity index (χ1v) is 6.96. The fourth-order valence-electron chi connectivity index (χ4n) is 3.27. The summed E-state index contributed by atoms with van der Waals surface area (Å²) in [4.78, 5) is 6.46. The zero-order chi connectivity index (χ0) is 13.8. The van der Waals surface area contributed by atoms with Crippen LogP contribution in [-0.2, 0) is 0 Å². The molecule has 0 spiro atoms. The van der Waals surface area contributed by atoms with Crippen molar-refractivity contribution in [1.82, 2.24) is 4.90 Å². The molecule has 1 aromatic carbocycles. The van der Waals surface area contributed by atoms with Gasteiger partial charge in [-0.2, -0.15) is 0 Å². The fraction of sp³-hybridized carbons (Fsp3) is 0.562. The molecule has 2 rings (SSSR count). The lowest BCUT2D eigenvalue weighted by molar-refractivity contribution is 0.183. The van der Waals surface area contributed by atoms with Gasteiger partial charge in [0.2, 0.25) is 0 Å². The Morgan fingerprint density at radius 2 is 2.00 bits per heavy atom. The highest BCUT2D eigenvalue weighted by molar-refractivity contribution is 5.62. The molecule has 0 saturated heterocycles. The molecule has 1 aliphatic carbocycles. The van der Waals surface area contributed by atoms with Gasteiger partial charge in [0, 0.05) is 25.2 Å². The minimum absolute atomic E-state index is 0.0667. The second kappa shape index (κ2) is 6.29. The van der Waals surface area contributed by atoms with E-state index in [4.69, 9.17) is 0 Å². The molecule has 1 aliphatic rings. The zero-order valence-corrected chi connectivity index (χ0v) is 12.0. The van der Waals surface area contributed by atoms with Crippen molar-refractivity contribution in [3.8, 4) is 0 Å². The van der Waals surface area contributed by atoms with Gasteiger partial charge in [-0.3, -0.25) is 0 Å². The third kappa shape index (κ3) is 3.21. The van der Waals surface area contributed by atoms with E-state index in [1.807, 2.05) is 25.4 Å². The standard InChI is InChI=1S/C16H23FN2/c1-18-11-13-10-12(8-9-16(13)19(2)3)14-6-4-5-7-15(14)17/h4-7,11-13,16H,8-10H2,1-3H3/b18-11+/t12-,13?,16-/m0/s1. The summed E-state index contributed by atoms with van der Waals surface area (Å²) in [6.45, 7) is 0. The predicted octanol–water partition coefficient (Wildman–Crippen LogP) is 3.34. The average molecular weight is 262 g/mol. The maximum absolute atomic E-state index is 13.9. The Morgan fingerprint density at radius 1 is 1.26 bits per heavy atom. The second-order valence-corrected chi connectivity index (χ2v) is 5.63. The monoisotopic (exact) mass is 262 g/mol. The number of halogens is 1. The highest BCUT2D eigenvalue weighted by atomic mass is 19.1. The van der Waals surface area contributed by atoms with Crippen LogP contribution in [0.25, 0.3) is 0 Å². The number of hydrogen-bond acceptors (Lipinski definition) is 2. The van der Waals surface area contributed by atoms with Crippen molar-refractivity contribution in [2.75, 3.05) is 21.1 Å². The molecule has 104 valence electrons. The van der Waals surface area contributed by atoms with E-state index in [1.54, 1.807) is 12.1 Å². The van der Waals surface area contributed by atoms with E-state index in [-0.39, 0.29) is 5.82 Å². The summed E-state index contributed by atoms with van der Waals surface area (Å²) in [6.07, 6.45) is 5.18. The number of nitrogens with zero attached hydrogens (tertiary/aromatic N) is 2. The van der Waals surface area contributed by atoms with Gasteiger partial charge in [0.25, 0.3) is 0 Å². The Balaban J connectivity index is 2.17. The summed E-state index contributed by atoms with van der Waals surface area (Å²) in [7, 11) is 6.05. The van der Waals surface area contributed by atoms with Crippen molar-refractivity contribution in [3.63, 3.8) is 0 Å². The lowest BCUT2D eigenvalue weighted by Crippen LogP contribution is -2.40. The molecule has 1 aromatic rings. The van der Waals surface area contributed by atoms with Crippen LogP contribution in [0.2, 0.25) is 0 Å². The minimum atomic E-state index is -0.0667. The van der Waals surface area contributed by atoms with Crippen LogP contribution in [0.1, 0.15) is 30.7 Å². The second-order valence-electron chi connectivity index (χ2n) is 5.63. The molecular formula is C16H23FN2. The van der Waals surface area contributed by atoms with Crippen molar-refractivity contribution < 1.29 is 4.39 Å². The zero-order valence-electron chi connectivity index (χ0n) is 12.0. The fourth-order valence-corrected chi connectivity index (χ4v) is 3.27. The number of rotatable bonds is 3. The van der Waals surface area contributed by atoms with Crippen LogP contribution < -0.4 is 0 Å². The first-order chi connectivity index (χ1) is 9.13. The van der Waals surface area contributed by atoms with E-state index >= 15 is 0 Å². The molecule has 1 saturated carbocycles. The van der Waals surface area contributed by atoms with Crippen molar-refractivity contribution in [2.24, 2.45) is 10.9 Å². The highest BCUT2D eigenvalue weighted by Gasteiger charge is 2.32. The van der Waals surface area contributed by atoms with Crippen LogP contribution in [0.5, 0.6) is 0 Å². The maximum Gasteiger partial charge on any atom is 0.126 e. The van der Waals surface area contributed by atoms with Gasteiger partial charge in [0.15, 0.2) is 0 Å². The lowest BCUT2D eigenvalue weighted by atomic mass is 9.75. The normalized spacial score (nSPS) is 28.2. The molecule has 3 atom stereocenters. The van der Waals surface area contributed by atoms with Crippen molar-refractivity contribution in [3.05, 3.63) is 35.6 Å².